The SMILES string of the molecule is CC(C)(C)S(=O)(=O)CC(=O)N1C[C@@H](C(=O)O)[C@H](c2ccc(Cl)cc2)C1. The van der Waals surface area contributed by atoms with Crippen LogP contribution in [0.4, 0.5) is 0 Å². The van der Waals surface area contributed by atoms with Gasteiger partial charge >= 0.3 is 5.97 Å². The summed E-state index contributed by atoms with van der Waals surface area (Å²) in [7, 11) is -3.62. The first kappa shape index (κ1) is 19.7. The molecule has 1 amide bonds. The zero-order valence-electron chi connectivity index (χ0n) is 14.4. The number of rotatable bonds is 4. The number of sulfone groups is 1. The van der Waals surface area contributed by atoms with Crippen molar-refractivity contribution < 1.29 is 23.1 Å². The number of amides is 1. The molecular weight excluding hydrogens is 366 g/mol. The van der Waals surface area contributed by atoms with E-state index in [1.807, 2.05) is 0 Å². The topological polar surface area (TPSA) is 91.8 Å². The zero-order valence-corrected chi connectivity index (χ0v) is 16.0. The highest BCUT2D eigenvalue weighted by molar-refractivity contribution is 7.93. The lowest BCUT2D eigenvalue weighted by molar-refractivity contribution is -0.141. The van der Waals surface area contributed by atoms with Gasteiger partial charge in [-0.15, -0.1) is 0 Å². The molecule has 8 heteroatoms. The van der Waals surface area contributed by atoms with Crippen LogP contribution in [0.5, 0.6) is 0 Å². The van der Waals surface area contributed by atoms with Crippen LogP contribution in [0.1, 0.15) is 32.3 Å². The molecule has 2 rings (SSSR count). The summed E-state index contributed by atoms with van der Waals surface area (Å²) in [5.74, 6) is -3.35. The van der Waals surface area contributed by atoms with Crippen LogP contribution < -0.4 is 0 Å². The van der Waals surface area contributed by atoms with Crippen LogP contribution >= 0.6 is 11.6 Å². The first-order chi connectivity index (χ1) is 11.4. The van der Waals surface area contributed by atoms with E-state index in [0.717, 1.165) is 5.56 Å². The third-order valence-electron chi connectivity index (χ3n) is 4.53. The number of hydrogen-bond acceptors (Lipinski definition) is 4. The number of carbonyl (C=O) groups is 2. The fraction of sp³-hybridized carbons (Fsp3) is 0.529. The number of halogens is 1. The largest absolute Gasteiger partial charge is 0.481 e. The molecular formula is C17H22ClNO5S. The minimum atomic E-state index is -3.62. The second-order valence-corrected chi connectivity index (χ2v) is 10.5. The predicted octanol–water partition coefficient (Wildman–Crippen LogP) is 2.18. The van der Waals surface area contributed by atoms with Gasteiger partial charge in [-0.05, 0) is 38.5 Å². The quantitative estimate of drug-likeness (QED) is 0.854. The lowest BCUT2D eigenvalue weighted by Crippen LogP contribution is -2.40. The predicted molar refractivity (Wildman–Crippen MR) is 95.4 cm³/mol. The van der Waals surface area contributed by atoms with E-state index in [0.29, 0.717) is 5.02 Å². The Hall–Kier alpha value is -1.60. The number of aliphatic carboxylic acids is 1. The van der Waals surface area contributed by atoms with Gasteiger partial charge in [0.05, 0.1) is 10.7 Å². The smallest absolute Gasteiger partial charge is 0.308 e. The second kappa shape index (κ2) is 6.96. The van der Waals surface area contributed by atoms with Crippen LogP contribution in [0.15, 0.2) is 24.3 Å². The van der Waals surface area contributed by atoms with Crippen LogP contribution in [0.25, 0.3) is 0 Å². The molecule has 1 aliphatic rings. The average molecular weight is 388 g/mol. The van der Waals surface area contributed by atoms with Gasteiger partial charge in [0.1, 0.15) is 5.75 Å². The van der Waals surface area contributed by atoms with Crippen LogP contribution in [0, 0.1) is 5.92 Å². The number of nitrogens with zero attached hydrogens (tertiary/aromatic N) is 1. The summed E-state index contributed by atoms with van der Waals surface area (Å²) in [6.07, 6.45) is 0. The van der Waals surface area contributed by atoms with E-state index in [1.165, 1.54) is 25.7 Å². The van der Waals surface area contributed by atoms with E-state index in [9.17, 15) is 23.1 Å². The summed E-state index contributed by atoms with van der Waals surface area (Å²) in [5, 5.41) is 10.0. The van der Waals surface area contributed by atoms with Gasteiger partial charge in [-0.2, -0.15) is 0 Å². The molecule has 2 atom stereocenters. The lowest BCUT2D eigenvalue weighted by atomic mass is 9.89. The average Bonchev–Trinajstić information content (AvgIpc) is 2.92. The standard InChI is InChI=1S/C17H22ClNO5S/c1-17(2,3)25(23,24)10-15(20)19-8-13(14(9-19)16(21)22)11-4-6-12(18)7-5-11/h4-7,13-14H,8-10H2,1-3H3,(H,21,22)/t13-,14+/m0/s1. The van der Waals surface area contributed by atoms with Crippen molar-refractivity contribution in [1.29, 1.82) is 0 Å². The molecule has 0 radical (unpaired) electrons. The molecule has 6 nitrogen and oxygen atoms in total. The number of hydrogen-bond donors (Lipinski definition) is 1. The summed E-state index contributed by atoms with van der Waals surface area (Å²) in [6, 6.07) is 6.82. The van der Waals surface area contributed by atoms with Crippen molar-refractivity contribution in [2.75, 3.05) is 18.8 Å². The Bertz CT molecular complexity index is 767. The third-order valence-corrected chi connectivity index (χ3v) is 7.28. The number of carboxylic acids is 1. The fourth-order valence-corrected chi connectivity index (χ4v) is 3.84. The highest BCUT2D eigenvalue weighted by Gasteiger charge is 2.42. The van der Waals surface area contributed by atoms with Crippen LogP contribution in [0.2, 0.25) is 5.02 Å². The maximum absolute atomic E-state index is 12.4. The monoisotopic (exact) mass is 387 g/mol. The van der Waals surface area contributed by atoms with E-state index in [-0.39, 0.29) is 13.1 Å². The summed E-state index contributed by atoms with van der Waals surface area (Å²) < 4.78 is 23.5. The Morgan fingerprint density at radius 1 is 1.20 bits per heavy atom. The Morgan fingerprint density at radius 3 is 2.24 bits per heavy atom. The zero-order chi connectivity index (χ0) is 19.0. The Kier molecular flexibility index (Phi) is 5.49. The van der Waals surface area contributed by atoms with Crippen molar-refractivity contribution in [2.24, 2.45) is 5.92 Å². The van der Waals surface area contributed by atoms with Crippen molar-refractivity contribution in [1.82, 2.24) is 4.90 Å². The van der Waals surface area contributed by atoms with Crippen LogP contribution in [-0.2, 0) is 19.4 Å². The molecule has 1 aromatic rings. The molecule has 1 aromatic carbocycles. The maximum Gasteiger partial charge on any atom is 0.308 e. The van der Waals surface area contributed by atoms with Crippen LogP contribution in [-0.4, -0.2) is 53.9 Å². The first-order valence-corrected chi connectivity index (χ1v) is 9.94. The van der Waals surface area contributed by atoms with Crippen molar-refractivity contribution in [3.05, 3.63) is 34.9 Å². The van der Waals surface area contributed by atoms with Gasteiger partial charge in [0.2, 0.25) is 5.91 Å². The summed E-state index contributed by atoms with van der Waals surface area (Å²) in [5.41, 5.74) is 0.769. The number of carbonyl (C=O) groups excluding carboxylic acids is 1. The highest BCUT2D eigenvalue weighted by Crippen LogP contribution is 2.34. The van der Waals surface area contributed by atoms with E-state index in [1.54, 1.807) is 24.3 Å². The Balaban J connectivity index is 2.20. The lowest BCUT2D eigenvalue weighted by Gasteiger charge is -2.22. The molecule has 138 valence electrons. The third kappa shape index (κ3) is 4.33. The normalized spacial score (nSPS) is 21.4. The fourth-order valence-electron chi connectivity index (χ4n) is 2.78. The molecule has 0 aromatic heterocycles. The van der Waals surface area contributed by atoms with Crippen molar-refractivity contribution in [2.45, 2.75) is 31.4 Å². The molecule has 0 aliphatic carbocycles. The second-order valence-electron chi connectivity index (χ2n) is 7.27. The molecule has 1 N–H and O–H groups in total. The van der Waals surface area contributed by atoms with Gasteiger partial charge < -0.3 is 10.0 Å². The van der Waals surface area contributed by atoms with E-state index in [4.69, 9.17) is 11.6 Å². The minimum Gasteiger partial charge on any atom is -0.481 e. The number of carboxylic acid groups (broad SMARTS) is 1. The molecule has 1 aliphatic heterocycles. The molecule has 25 heavy (non-hydrogen) atoms. The Morgan fingerprint density at radius 2 is 1.76 bits per heavy atom. The van der Waals surface area contributed by atoms with Gasteiger partial charge in [-0.25, -0.2) is 8.42 Å². The van der Waals surface area contributed by atoms with Gasteiger partial charge in [0, 0.05) is 24.0 Å². The number of benzene rings is 1. The van der Waals surface area contributed by atoms with Gasteiger partial charge in [-0.1, -0.05) is 23.7 Å². The molecule has 1 fully saturated rings. The van der Waals surface area contributed by atoms with E-state index in [2.05, 4.69) is 0 Å². The summed E-state index contributed by atoms with van der Waals surface area (Å²) in [6.45, 7) is 4.79. The molecule has 1 heterocycles. The highest BCUT2D eigenvalue weighted by atomic mass is 35.5. The summed E-state index contributed by atoms with van der Waals surface area (Å²) in [4.78, 5) is 25.4. The van der Waals surface area contributed by atoms with Gasteiger partial charge in [0.25, 0.3) is 0 Å². The van der Waals surface area contributed by atoms with Crippen LogP contribution in [0.3, 0.4) is 0 Å². The Labute approximate surface area is 152 Å². The molecule has 1 saturated heterocycles. The van der Waals surface area contributed by atoms with Gasteiger partial charge in [-0.3, -0.25) is 9.59 Å². The van der Waals surface area contributed by atoms with Gasteiger partial charge in [0.15, 0.2) is 9.84 Å². The maximum atomic E-state index is 12.4. The molecule has 0 spiro atoms. The molecule has 0 saturated carbocycles. The van der Waals surface area contributed by atoms with Crippen molar-refractivity contribution in [3.63, 3.8) is 0 Å². The summed E-state index contributed by atoms with van der Waals surface area (Å²) >= 11 is 5.86. The van der Waals surface area contributed by atoms with Crippen molar-refractivity contribution in [3.8, 4) is 0 Å². The minimum absolute atomic E-state index is 0.00111. The molecule has 0 unspecified atom stereocenters. The van der Waals surface area contributed by atoms with E-state index < -0.39 is 44.0 Å². The number of likely N-dealkylation sites (tertiary alicyclic amines) is 1. The van der Waals surface area contributed by atoms with E-state index >= 15 is 0 Å². The molecule has 0 bridgehead atoms. The van der Waals surface area contributed by atoms with Crippen molar-refractivity contribution >= 4 is 33.3 Å². The first-order valence-electron chi connectivity index (χ1n) is 7.91.